The van der Waals surface area contributed by atoms with Crippen molar-refractivity contribution in [1.82, 2.24) is 5.32 Å². The molecule has 0 saturated carbocycles. The van der Waals surface area contributed by atoms with Crippen LogP contribution in [0.15, 0.2) is 0 Å². The van der Waals surface area contributed by atoms with E-state index in [1.165, 1.54) is 64.2 Å². The number of carbonyl (C=O) groups excluding carboxylic acids is 1. The van der Waals surface area contributed by atoms with E-state index in [4.69, 9.17) is 0 Å². The van der Waals surface area contributed by atoms with Gasteiger partial charge in [-0.3, -0.25) is 4.79 Å². The summed E-state index contributed by atoms with van der Waals surface area (Å²) in [6.45, 7) is 2.26. The number of hydrogen-bond acceptors (Lipinski definition) is 1. The molecule has 0 fully saturated rings. The molecule has 0 heterocycles. The van der Waals surface area contributed by atoms with Crippen molar-refractivity contribution in [3.63, 3.8) is 0 Å². The molecule has 2 heteroatoms. The van der Waals surface area contributed by atoms with Crippen molar-refractivity contribution in [2.75, 3.05) is 7.05 Å². The molecule has 1 amide bonds. The van der Waals surface area contributed by atoms with Gasteiger partial charge in [0.1, 0.15) is 0 Å². The van der Waals surface area contributed by atoms with Crippen LogP contribution >= 0.6 is 0 Å². The van der Waals surface area contributed by atoms with Crippen molar-refractivity contribution in [1.29, 1.82) is 0 Å². The molecule has 0 bridgehead atoms. The Labute approximate surface area is 108 Å². The Bertz CT molecular complexity index is 168. The fraction of sp³-hybridized carbons (Fsp3) is 0.933. The van der Waals surface area contributed by atoms with E-state index in [1.54, 1.807) is 7.05 Å². The molecule has 0 aliphatic rings. The normalized spacial score (nSPS) is 10.5. The average Bonchev–Trinajstić information content (AvgIpc) is 2.35. The molecule has 0 aliphatic heterocycles. The Kier molecular flexibility index (Phi) is 13.1. The van der Waals surface area contributed by atoms with Crippen LogP contribution < -0.4 is 5.32 Å². The number of carbonyl (C=O) groups is 1. The summed E-state index contributed by atoms with van der Waals surface area (Å²) in [5.41, 5.74) is 0. The molecule has 17 heavy (non-hydrogen) atoms. The summed E-state index contributed by atoms with van der Waals surface area (Å²) in [6, 6.07) is 0. The van der Waals surface area contributed by atoms with Gasteiger partial charge in [0.2, 0.25) is 5.91 Å². The molecule has 0 spiro atoms. The zero-order valence-electron chi connectivity index (χ0n) is 11.9. The summed E-state index contributed by atoms with van der Waals surface area (Å²) in [5.74, 6) is 0.181. The quantitative estimate of drug-likeness (QED) is 0.503. The topological polar surface area (TPSA) is 29.1 Å². The summed E-state index contributed by atoms with van der Waals surface area (Å²) >= 11 is 0. The highest BCUT2D eigenvalue weighted by Gasteiger charge is 1.97. The minimum absolute atomic E-state index is 0.181. The first-order valence-corrected chi connectivity index (χ1v) is 7.51. The lowest BCUT2D eigenvalue weighted by Crippen LogP contribution is -2.16. The number of rotatable bonds is 12. The smallest absolute Gasteiger partial charge is 0.219 e. The van der Waals surface area contributed by atoms with Crippen molar-refractivity contribution in [3.8, 4) is 0 Å². The number of amides is 1. The van der Waals surface area contributed by atoms with Gasteiger partial charge in [0.15, 0.2) is 0 Å². The first kappa shape index (κ1) is 16.5. The summed E-state index contributed by atoms with van der Waals surface area (Å²) in [5, 5.41) is 2.66. The Balaban J connectivity index is 2.96. The third-order valence-electron chi connectivity index (χ3n) is 3.29. The summed E-state index contributed by atoms with van der Waals surface area (Å²) in [7, 11) is 1.71. The lowest BCUT2D eigenvalue weighted by Gasteiger charge is -2.02. The molecule has 0 radical (unpaired) electrons. The molecule has 0 rings (SSSR count). The summed E-state index contributed by atoms with van der Waals surface area (Å²) in [6.07, 6.45) is 15.4. The highest BCUT2D eigenvalue weighted by Crippen LogP contribution is 2.11. The van der Waals surface area contributed by atoms with Crippen molar-refractivity contribution in [3.05, 3.63) is 0 Å². The van der Waals surface area contributed by atoms with Gasteiger partial charge in [0.25, 0.3) is 0 Å². The molecule has 0 saturated heterocycles. The van der Waals surface area contributed by atoms with Gasteiger partial charge in [-0.05, 0) is 6.42 Å². The van der Waals surface area contributed by atoms with Crippen molar-refractivity contribution >= 4 is 5.91 Å². The molecule has 0 atom stereocenters. The predicted molar refractivity (Wildman–Crippen MR) is 75.1 cm³/mol. The lowest BCUT2D eigenvalue weighted by molar-refractivity contribution is -0.120. The second kappa shape index (κ2) is 13.5. The van der Waals surface area contributed by atoms with Crippen LogP contribution in [-0.2, 0) is 4.79 Å². The third-order valence-corrected chi connectivity index (χ3v) is 3.29. The Morgan fingerprint density at radius 3 is 1.59 bits per heavy atom. The fourth-order valence-corrected chi connectivity index (χ4v) is 2.07. The van der Waals surface area contributed by atoms with Gasteiger partial charge in [-0.2, -0.15) is 0 Å². The summed E-state index contributed by atoms with van der Waals surface area (Å²) < 4.78 is 0. The summed E-state index contributed by atoms with van der Waals surface area (Å²) in [4.78, 5) is 11.0. The molecular weight excluding hydrogens is 210 g/mol. The van der Waals surface area contributed by atoms with E-state index < -0.39 is 0 Å². The van der Waals surface area contributed by atoms with Crippen LogP contribution in [0.5, 0.6) is 0 Å². The van der Waals surface area contributed by atoms with E-state index >= 15 is 0 Å². The van der Waals surface area contributed by atoms with Crippen LogP contribution in [0.1, 0.15) is 84.0 Å². The molecule has 0 aromatic heterocycles. The average molecular weight is 241 g/mol. The van der Waals surface area contributed by atoms with Crippen LogP contribution in [0.2, 0.25) is 0 Å². The molecule has 0 aromatic rings. The van der Waals surface area contributed by atoms with E-state index in [1.807, 2.05) is 0 Å². The minimum Gasteiger partial charge on any atom is -0.359 e. The van der Waals surface area contributed by atoms with Crippen LogP contribution in [0.25, 0.3) is 0 Å². The van der Waals surface area contributed by atoms with Crippen LogP contribution in [-0.4, -0.2) is 13.0 Å². The van der Waals surface area contributed by atoms with E-state index in [0.29, 0.717) is 6.42 Å². The predicted octanol–water partition coefficient (Wildman–Crippen LogP) is 4.43. The van der Waals surface area contributed by atoms with Crippen molar-refractivity contribution in [2.24, 2.45) is 0 Å². The SMILES string of the molecule is CCCCCCCCCCCCCC(=O)NC. The third kappa shape index (κ3) is 13.4. The highest BCUT2D eigenvalue weighted by atomic mass is 16.1. The maximum atomic E-state index is 11.0. The molecule has 0 aromatic carbocycles. The van der Waals surface area contributed by atoms with Crippen molar-refractivity contribution in [2.45, 2.75) is 84.0 Å². The van der Waals surface area contributed by atoms with Gasteiger partial charge in [0, 0.05) is 13.5 Å². The standard InChI is InChI=1S/C15H31NO/c1-3-4-5-6-7-8-9-10-11-12-13-14-15(17)16-2/h3-14H2,1-2H3,(H,16,17). The zero-order chi connectivity index (χ0) is 12.8. The Morgan fingerprint density at radius 2 is 1.18 bits per heavy atom. The van der Waals surface area contributed by atoms with E-state index in [9.17, 15) is 4.79 Å². The largest absolute Gasteiger partial charge is 0.359 e. The van der Waals surface area contributed by atoms with E-state index in [0.717, 1.165) is 6.42 Å². The van der Waals surface area contributed by atoms with Gasteiger partial charge >= 0.3 is 0 Å². The zero-order valence-corrected chi connectivity index (χ0v) is 11.9. The van der Waals surface area contributed by atoms with Crippen LogP contribution in [0, 0.1) is 0 Å². The first-order chi connectivity index (χ1) is 8.31. The lowest BCUT2D eigenvalue weighted by atomic mass is 10.1. The second-order valence-corrected chi connectivity index (χ2v) is 4.96. The number of unbranched alkanes of at least 4 members (excludes halogenated alkanes) is 10. The van der Waals surface area contributed by atoms with E-state index in [-0.39, 0.29) is 5.91 Å². The number of nitrogens with one attached hydrogen (secondary N) is 1. The molecule has 102 valence electrons. The molecule has 2 nitrogen and oxygen atoms in total. The molecule has 1 N–H and O–H groups in total. The molecule has 0 unspecified atom stereocenters. The van der Waals surface area contributed by atoms with Gasteiger partial charge in [0.05, 0.1) is 0 Å². The Morgan fingerprint density at radius 1 is 0.765 bits per heavy atom. The fourth-order valence-electron chi connectivity index (χ4n) is 2.07. The molecule has 0 aliphatic carbocycles. The maximum absolute atomic E-state index is 11.0. The van der Waals surface area contributed by atoms with Gasteiger partial charge in [-0.15, -0.1) is 0 Å². The monoisotopic (exact) mass is 241 g/mol. The van der Waals surface area contributed by atoms with Gasteiger partial charge in [-0.25, -0.2) is 0 Å². The highest BCUT2D eigenvalue weighted by molar-refractivity contribution is 5.75. The van der Waals surface area contributed by atoms with Crippen LogP contribution in [0.3, 0.4) is 0 Å². The molecular formula is C15H31NO. The number of hydrogen-bond donors (Lipinski definition) is 1. The second-order valence-electron chi connectivity index (χ2n) is 4.96. The van der Waals surface area contributed by atoms with Crippen LogP contribution in [0.4, 0.5) is 0 Å². The minimum atomic E-state index is 0.181. The van der Waals surface area contributed by atoms with Gasteiger partial charge in [-0.1, -0.05) is 71.1 Å². The Hall–Kier alpha value is -0.530. The first-order valence-electron chi connectivity index (χ1n) is 7.51. The van der Waals surface area contributed by atoms with E-state index in [2.05, 4.69) is 12.2 Å². The van der Waals surface area contributed by atoms with Crippen molar-refractivity contribution < 1.29 is 4.79 Å². The maximum Gasteiger partial charge on any atom is 0.219 e. The van der Waals surface area contributed by atoms with Gasteiger partial charge < -0.3 is 5.32 Å².